The Morgan fingerprint density at radius 2 is 1.92 bits per heavy atom. The zero-order valence-electron chi connectivity index (χ0n) is 15.8. The van der Waals surface area contributed by atoms with E-state index in [1.54, 1.807) is 24.1 Å². The van der Waals surface area contributed by atoms with Crippen molar-refractivity contribution in [2.45, 2.75) is 57.7 Å². The summed E-state index contributed by atoms with van der Waals surface area (Å²) in [6.45, 7) is 6.33. The summed E-state index contributed by atoms with van der Waals surface area (Å²) in [5.41, 5.74) is 0.861. The molecule has 2 fully saturated rings. The van der Waals surface area contributed by atoms with Gasteiger partial charge in [0.25, 0.3) is 11.6 Å². The number of benzene rings is 1. The molecule has 1 saturated carbocycles. The van der Waals surface area contributed by atoms with Gasteiger partial charge in [-0.2, -0.15) is 0 Å². The van der Waals surface area contributed by atoms with Gasteiger partial charge in [0.05, 0.1) is 4.92 Å². The number of likely N-dealkylation sites (tertiary alicyclic amines) is 1. The molecule has 1 N–H and O–H groups in total. The van der Waals surface area contributed by atoms with E-state index >= 15 is 0 Å². The van der Waals surface area contributed by atoms with Crippen LogP contribution in [0.3, 0.4) is 0 Å². The Morgan fingerprint density at radius 3 is 2.46 bits per heavy atom. The maximum Gasteiger partial charge on any atom is 0.293 e. The molecule has 1 aromatic rings. The van der Waals surface area contributed by atoms with Gasteiger partial charge in [-0.15, -0.1) is 0 Å². The molecular weight excluding hydrogens is 332 g/mol. The molecule has 0 spiro atoms. The molecule has 0 unspecified atom stereocenters. The van der Waals surface area contributed by atoms with Crippen LogP contribution in [-0.4, -0.2) is 58.9 Å². The van der Waals surface area contributed by atoms with E-state index in [-0.39, 0.29) is 17.6 Å². The molecule has 3 rings (SSSR count). The van der Waals surface area contributed by atoms with Crippen molar-refractivity contribution in [3.8, 4) is 0 Å². The fourth-order valence-corrected chi connectivity index (χ4v) is 3.54. The van der Waals surface area contributed by atoms with Crippen LogP contribution in [0.15, 0.2) is 18.2 Å². The molecule has 0 aromatic heterocycles. The highest BCUT2D eigenvalue weighted by atomic mass is 16.6. The van der Waals surface area contributed by atoms with Crippen molar-refractivity contribution in [1.82, 2.24) is 9.80 Å². The van der Waals surface area contributed by atoms with E-state index in [9.17, 15) is 14.9 Å². The van der Waals surface area contributed by atoms with Gasteiger partial charge in [0, 0.05) is 49.9 Å². The second kappa shape index (κ2) is 7.61. The van der Waals surface area contributed by atoms with Crippen LogP contribution in [0.1, 0.15) is 49.9 Å². The first-order valence-corrected chi connectivity index (χ1v) is 9.43. The fourth-order valence-electron chi connectivity index (χ4n) is 3.54. The van der Waals surface area contributed by atoms with Gasteiger partial charge in [-0.25, -0.2) is 0 Å². The average molecular weight is 360 g/mol. The van der Waals surface area contributed by atoms with Crippen molar-refractivity contribution >= 4 is 17.3 Å². The van der Waals surface area contributed by atoms with Gasteiger partial charge in [-0.05, 0) is 51.7 Å². The summed E-state index contributed by atoms with van der Waals surface area (Å²) in [5, 5.41) is 14.6. The van der Waals surface area contributed by atoms with E-state index in [0.29, 0.717) is 23.3 Å². The van der Waals surface area contributed by atoms with Crippen molar-refractivity contribution in [2.75, 3.05) is 25.5 Å². The fraction of sp³-hybridized carbons (Fsp3) is 0.632. The lowest BCUT2D eigenvalue weighted by atomic mass is 10.0. The van der Waals surface area contributed by atoms with Gasteiger partial charge in [0.2, 0.25) is 0 Å². The summed E-state index contributed by atoms with van der Waals surface area (Å²) in [5.74, 6) is -0.144. The molecule has 1 heterocycles. The van der Waals surface area contributed by atoms with Crippen LogP contribution < -0.4 is 5.32 Å². The van der Waals surface area contributed by atoms with Crippen molar-refractivity contribution in [3.05, 3.63) is 33.9 Å². The first-order valence-electron chi connectivity index (χ1n) is 9.43. The highest BCUT2D eigenvalue weighted by Crippen LogP contribution is 2.32. The maximum absolute atomic E-state index is 12.8. The lowest BCUT2D eigenvalue weighted by Gasteiger charge is -2.38. The molecule has 7 nitrogen and oxygen atoms in total. The van der Waals surface area contributed by atoms with Crippen LogP contribution in [-0.2, 0) is 0 Å². The molecular formula is C19H28N4O3. The predicted octanol–water partition coefficient (Wildman–Crippen LogP) is 3.11. The van der Waals surface area contributed by atoms with E-state index in [0.717, 1.165) is 38.8 Å². The molecule has 1 amide bonds. The minimum Gasteiger partial charge on any atom is -0.377 e. The summed E-state index contributed by atoms with van der Waals surface area (Å²) in [7, 11) is 1.81. The van der Waals surface area contributed by atoms with Crippen molar-refractivity contribution in [2.24, 2.45) is 0 Å². The molecule has 0 atom stereocenters. The average Bonchev–Trinajstić information content (AvgIpc) is 3.44. The molecule has 0 bridgehead atoms. The number of piperidine rings is 1. The first kappa shape index (κ1) is 18.6. The van der Waals surface area contributed by atoms with Crippen LogP contribution in [0.4, 0.5) is 11.4 Å². The summed E-state index contributed by atoms with van der Waals surface area (Å²) in [6.07, 6.45) is 3.94. The van der Waals surface area contributed by atoms with Crippen molar-refractivity contribution in [3.63, 3.8) is 0 Å². The third kappa shape index (κ3) is 4.15. The molecule has 1 aliphatic carbocycles. The lowest BCUT2D eigenvalue weighted by Crippen LogP contribution is -2.47. The third-order valence-electron chi connectivity index (χ3n) is 5.48. The highest BCUT2D eigenvalue weighted by Gasteiger charge is 2.29. The standard InChI is InChI=1S/C19H28N4O3/c1-13(2)22-10-8-16(9-11-22)21(3)19(24)14-4-7-17(20-15-5-6-15)18(12-14)23(25)26/h4,7,12-13,15-16,20H,5-6,8-11H2,1-3H3. The molecule has 26 heavy (non-hydrogen) atoms. The zero-order valence-corrected chi connectivity index (χ0v) is 15.8. The van der Waals surface area contributed by atoms with Gasteiger partial charge in [-0.3, -0.25) is 14.9 Å². The van der Waals surface area contributed by atoms with E-state index in [2.05, 4.69) is 24.1 Å². The number of nitro benzene ring substituents is 1. The SMILES string of the molecule is CC(C)N1CCC(N(C)C(=O)c2ccc(NC3CC3)c([N+](=O)[O-])c2)CC1. The first-order chi connectivity index (χ1) is 12.4. The monoisotopic (exact) mass is 360 g/mol. The van der Waals surface area contributed by atoms with Crippen LogP contribution in [0.2, 0.25) is 0 Å². The lowest BCUT2D eigenvalue weighted by molar-refractivity contribution is -0.384. The Balaban J connectivity index is 1.70. The number of carbonyl (C=O) groups is 1. The van der Waals surface area contributed by atoms with Gasteiger partial charge in [0.15, 0.2) is 0 Å². The Bertz CT molecular complexity index is 679. The third-order valence-corrected chi connectivity index (χ3v) is 5.48. The highest BCUT2D eigenvalue weighted by molar-refractivity contribution is 5.95. The Hall–Kier alpha value is -2.15. The molecule has 0 radical (unpaired) electrons. The van der Waals surface area contributed by atoms with E-state index in [1.165, 1.54) is 6.07 Å². The molecule has 7 heteroatoms. The van der Waals surface area contributed by atoms with Gasteiger partial charge in [0.1, 0.15) is 5.69 Å². The Morgan fingerprint density at radius 1 is 1.27 bits per heavy atom. The minimum absolute atomic E-state index is 0.0224. The minimum atomic E-state index is -0.414. The number of nitrogens with one attached hydrogen (secondary N) is 1. The summed E-state index contributed by atoms with van der Waals surface area (Å²) in [6, 6.07) is 5.79. The molecule has 2 aliphatic rings. The van der Waals surface area contributed by atoms with Gasteiger partial charge in [-0.1, -0.05) is 0 Å². The second-order valence-corrected chi connectivity index (χ2v) is 7.68. The Labute approximate surface area is 154 Å². The van der Waals surface area contributed by atoms with Crippen molar-refractivity contribution < 1.29 is 9.72 Å². The number of nitro groups is 1. The van der Waals surface area contributed by atoms with Crippen LogP contribution >= 0.6 is 0 Å². The smallest absolute Gasteiger partial charge is 0.293 e. The van der Waals surface area contributed by atoms with Crippen LogP contribution in [0.5, 0.6) is 0 Å². The zero-order chi connectivity index (χ0) is 18.8. The van der Waals surface area contributed by atoms with Gasteiger partial charge >= 0.3 is 0 Å². The number of carbonyl (C=O) groups excluding carboxylic acids is 1. The van der Waals surface area contributed by atoms with Gasteiger partial charge < -0.3 is 15.1 Å². The van der Waals surface area contributed by atoms with Crippen LogP contribution in [0, 0.1) is 10.1 Å². The summed E-state index contributed by atoms with van der Waals surface area (Å²) >= 11 is 0. The van der Waals surface area contributed by atoms with Crippen LogP contribution in [0.25, 0.3) is 0 Å². The Kier molecular flexibility index (Phi) is 5.46. The largest absolute Gasteiger partial charge is 0.377 e. The quantitative estimate of drug-likeness (QED) is 0.623. The predicted molar refractivity (Wildman–Crippen MR) is 102 cm³/mol. The normalized spacial score (nSPS) is 18.8. The number of anilines is 1. The number of amides is 1. The summed E-state index contributed by atoms with van der Waals surface area (Å²) in [4.78, 5) is 28.0. The number of nitrogens with zero attached hydrogens (tertiary/aromatic N) is 3. The second-order valence-electron chi connectivity index (χ2n) is 7.68. The van der Waals surface area contributed by atoms with Crippen molar-refractivity contribution in [1.29, 1.82) is 0 Å². The maximum atomic E-state index is 12.8. The van der Waals surface area contributed by atoms with E-state index in [1.807, 2.05) is 0 Å². The number of hydrogen-bond donors (Lipinski definition) is 1. The molecule has 1 aliphatic heterocycles. The molecule has 142 valence electrons. The number of hydrogen-bond acceptors (Lipinski definition) is 5. The molecule has 1 saturated heterocycles. The van der Waals surface area contributed by atoms with E-state index in [4.69, 9.17) is 0 Å². The van der Waals surface area contributed by atoms with E-state index < -0.39 is 4.92 Å². The summed E-state index contributed by atoms with van der Waals surface area (Å²) < 4.78 is 0. The molecule has 1 aromatic carbocycles. The topological polar surface area (TPSA) is 78.7 Å². The number of rotatable bonds is 6.